The van der Waals surface area contributed by atoms with E-state index in [1.54, 1.807) is 28.0 Å². The van der Waals surface area contributed by atoms with Crippen LogP contribution >= 0.6 is 11.6 Å². The maximum Gasteiger partial charge on any atom is 0.275 e. The summed E-state index contributed by atoms with van der Waals surface area (Å²) >= 11 is 5.80. The lowest BCUT2D eigenvalue weighted by Gasteiger charge is -2.25. The molecule has 0 radical (unpaired) electrons. The van der Waals surface area contributed by atoms with Gasteiger partial charge in [-0.3, -0.25) is 9.59 Å². The van der Waals surface area contributed by atoms with E-state index in [0.717, 1.165) is 12.0 Å². The maximum absolute atomic E-state index is 14.0. The topological polar surface area (TPSA) is 85.1 Å². The predicted octanol–water partition coefficient (Wildman–Crippen LogP) is 4.52. The molecule has 1 aromatic heterocycles. The van der Waals surface area contributed by atoms with Crippen molar-refractivity contribution in [2.75, 3.05) is 32.8 Å². The zero-order valence-electron chi connectivity index (χ0n) is 18.8. The molecule has 0 N–H and O–H groups in total. The lowest BCUT2D eigenvalue weighted by atomic mass is 10.1. The molecule has 2 fully saturated rings. The maximum atomic E-state index is 14.0. The summed E-state index contributed by atoms with van der Waals surface area (Å²) in [4.78, 5) is 32.7. The van der Waals surface area contributed by atoms with Crippen LogP contribution in [0.2, 0.25) is 5.02 Å². The van der Waals surface area contributed by atoms with E-state index in [9.17, 15) is 14.0 Å². The highest BCUT2D eigenvalue weighted by molar-refractivity contribution is 6.30. The second-order valence-electron chi connectivity index (χ2n) is 8.36. The van der Waals surface area contributed by atoms with Gasteiger partial charge in [0.15, 0.2) is 5.69 Å². The molecule has 3 aromatic rings. The molecular formula is C25H23ClFN3O5. The van der Waals surface area contributed by atoms with E-state index in [2.05, 4.69) is 4.98 Å². The average Bonchev–Trinajstić information content (AvgIpc) is 3.52. The fourth-order valence-corrected chi connectivity index (χ4v) is 4.21. The van der Waals surface area contributed by atoms with Crippen molar-refractivity contribution in [3.8, 4) is 23.0 Å². The Morgan fingerprint density at radius 1 is 1.14 bits per heavy atom. The fourth-order valence-electron chi connectivity index (χ4n) is 4.09. The monoisotopic (exact) mass is 499 g/mol. The number of oxazole rings is 1. The molecule has 10 heteroatoms. The van der Waals surface area contributed by atoms with Gasteiger partial charge in [-0.15, -0.1) is 0 Å². The summed E-state index contributed by atoms with van der Waals surface area (Å²) in [6, 6.07) is 9.49. The number of aromatic nitrogens is 1. The van der Waals surface area contributed by atoms with E-state index in [1.807, 2.05) is 6.07 Å². The molecule has 0 saturated carbocycles. The Morgan fingerprint density at radius 3 is 2.71 bits per heavy atom. The largest absolute Gasteiger partial charge is 0.457 e. The van der Waals surface area contributed by atoms with Crippen molar-refractivity contribution in [1.82, 2.24) is 14.8 Å². The van der Waals surface area contributed by atoms with E-state index in [4.69, 9.17) is 25.5 Å². The number of benzene rings is 2. The number of rotatable bonds is 6. The molecule has 2 aliphatic heterocycles. The molecular weight excluding hydrogens is 477 g/mol. The van der Waals surface area contributed by atoms with Gasteiger partial charge in [0.1, 0.15) is 23.6 Å². The van der Waals surface area contributed by atoms with E-state index in [0.29, 0.717) is 57.1 Å². The van der Waals surface area contributed by atoms with Crippen molar-refractivity contribution < 1.29 is 27.9 Å². The minimum absolute atomic E-state index is 0.00811. The second kappa shape index (κ2) is 10.1. The van der Waals surface area contributed by atoms with Crippen molar-refractivity contribution >= 4 is 23.4 Å². The van der Waals surface area contributed by atoms with Crippen molar-refractivity contribution in [3.05, 3.63) is 64.8 Å². The molecule has 2 saturated heterocycles. The van der Waals surface area contributed by atoms with Crippen LogP contribution in [0.25, 0.3) is 11.5 Å². The smallest absolute Gasteiger partial charge is 0.275 e. The summed E-state index contributed by atoms with van der Waals surface area (Å²) in [5.74, 6) is 0.182. The van der Waals surface area contributed by atoms with Crippen LogP contribution < -0.4 is 4.74 Å². The van der Waals surface area contributed by atoms with Gasteiger partial charge < -0.3 is 23.7 Å². The summed E-state index contributed by atoms with van der Waals surface area (Å²) in [6.07, 6.45) is 2.66. The first kappa shape index (κ1) is 23.3. The Bertz CT molecular complexity index is 1260. The molecule has 3 heterocycles. The number of hydrogen-bond donors (Lipinski definition) is 0. The van der Waals surface area contributed by atoms with Gasteiger partial charge in [-0.2, -0.15) is 0 Å². The van der Waals surface area contributed by atoms with Gasteiger partial charge in [0.05, 0.1) is 18.2 Å². The van der Waals surface area contributed by atoms with E-state index < -0.39 is 5.82 Å². The molecule has 35 heavy (non-hydrogen) atoms. The quantitative estimate of drug-likeness (QED) is 0.495. The molecule has 0 atom stereocenters. The Labute approximate surface area is 206 Å². The van der Waals surface area contributed by atoms with E-state index >= 15 is 0 Å². The lowest BCUT2D eigenvalue weighted by molar-refractivity contribution is -0.128. The number of ether oxygens (including phenoxy) is 2. The van der Waals surface area contributed by atoms with Crippen LogP contribution in [-0.2, 0) is 16.1 Å². The first-order valence-electron chi connectivity index (χ1n) is 11.3. The van der Waals surface area contributed by atoms with Crippen molar-refractivity contribution in [2.24, 2.45) is 0 Å². The first-order valence-corrected chi connectivity index (χ1v) is 11.7. The molecule has 5 rings (SSSR count). The predicted molar refractivity (Wildman–Crippen MR) is 125 cm³/mol. The normalized spacial score (nSPS) is 16.1. The van der Waals surface area contributed by atoms with Crippen LogP contribution in [0, 0.1) is 5.82 Å². The summed E-state index contributed by atoms with van der Waals surface area (Å²) in [5, 5.41) is -0.00811. The number of halogens is 2. The van der Waals surface area contributed by atoms with Crippen LogP contribution in [0.15, 0.2) is 47.1 Å². The van der Waals surface area contributed by atoms with Crippen molar-refractivity contribution in [2.45, 2.75) is 19.4 Å². The molecule has 2 amide bonds. The average molecular weight is 500 g/mol. The van der Waals surface area contributed by atoms with E-state index in [-0.39, 0.29) is 34.2 Å². The number of nitrogens with zero attached hydrogens (tertiary/aromatic N) is 3. The van der Waals surface area contributed by atoms with Gasteiger partial charge in [0, 0.05) is 49.8 Å². The van der Waals surface area contributed by atoms with Gasteiger partial charge in [-0.1, -0.05) is 17.7 Å². The molecule has 2 aliphatic rings. The molecule has 2 aromatic carbocycles. The van der Waals surface area contributed by atoms with Gasteiger partial charge in [-0.05, 0) is 30.7 Å². The number of carbonyl (C=O) groups is 2. The SMILES string of the molecule is O=C1CCCN1Cc1ccc(-c2nc(C(=O)N3CCOCC3)co2)cc1Oc1ccc(Cl)c(F)c1. The summed E-state index contributed by atoms with van der Waals surface area (Å²) in [7, 11) is 0. The highest BCUT2D eigenvalue weighted by Gasteiger charge is 2.24. The van der Waals surface area contributed by atoms with Gasteiger partial charge in [-0.25, -0.2) is 9.37 Å². The number of morpholine rings is 1. The Balaban J connectivity index is 1.43. The molecule has 0 bridgehead atoms. The third kappa shape index (κ3) is 5.16. The number of likely N-dealkylation sites (tertiary alicyclic amines) is 1. The molecule has 0 unspecified atom stereocenters. The van der Waals surface area contributed by atoms with Crippen LogP contribution in [0.4, 0.5) is 4.39 Å². The Kier molecular flexibility index (Phi) is 6.70. The fraction of sp³-hybridized carbons (Fsp3) is 0.320. The summed E-state index contributed by atoms with van der Waals surface area (Å²) in [5.41, 5.74) is 1.53. The third-order valence-corrected chi connectivity index (χ3v) is 6.29. The van der Waals surface area contributed by atoms with Crippen LogP contribution in [-0.4, -0.2) is 59.4 Å². The van der Waals surface area contributed by atoms with Crippen LogP contribution in [0.3, 0.4) is 0 Å². The minimum atomic E-state index is -0.601. The van der Waals surface area contributed by atoms with Gasteiger partial charge in [0.25, 0.3) is 5.91 Å². The zero-order valence-corrected chi connectivity index (χ0v) is 19.6. The van der Waals surface area contributed by atoms with Crippen LogP contribution in [0.1, 0.15) is 28.9 Å². The van der Waals surface area contributed by atoms with Crippen molar-refractivity contribution in [3.63, 3.8) is 0 Å². The Hall–Kier alpha value is -3.43. The number of amides is 2. The highest BCUT2D eigenvalue weighted by Crippen LogP contribution is 2.33. The number of carbonyl (C=O) groups excluding carboxylic acids is 2. The minimum Gasteiger partial charge on any atom is -0.457 e. The summed E-state index contributed by atoms with van der Waals surface area (Å²) < 4.78 is 30.9. The third-order valence-electron chi connectivity index (χ3n) is 5.99. The number of hydrogen-bond acceptors (Lipinski definition) is 6. The first-order chi connectivity index (χ1) is 17.0. The van der Waals surface area contributed by atoms with Crippen molar-refractivity contribution in [1.29, 1.82) is 0 Å². The molecule has 182 valence electrons. The van der Waals surface area contributed by atoms with Gasteiger partial charge >= 0.3 is 0 Å². The molecule has 0 spiro atoms. The lowest BCUT2D eigenvalue weighted by Crippen LogP contribution is -2.40. The van der Waals surface area contributed by atoms with E-state index in [1.165, 1.54) is 18.4 Å². The highest BCUT2D eigenvalue weighted by atomic mass is 35.5. The molecule has 8 nitrogen and oxygen atoms in total. The van der Waals surface area contributed by atoms with Crippen LogP contribution in [0.5, 0.6) is 11.5 Å². The standard InChI is InChI=1S/C25H23ClFN3O5/c26-19-6-5-18(13-20(19)27)35-22-12-16(3-4-17(22)14-30-7-1-2-23(30)31)24-28-21(15-34-24)25(32)29-8-10-33-11-9-29/h3-6,12-13,15H,1-2,7-11,14H2. The second-order valence-corrected chi connectivity index (χ2v) is 8.77. The molecule has 0 aliphatic carbocycles. The zero-order chi connectivity index (χ0) is 24.4. The van der Waals surface area contributed by atoms with Gasteiger partial charge in [0.2, 0.25) is 11.8 Å². The summed E-state index contributed by atoms with van der Waals surface area (Å²) in [6.45, 7) is 3.01. The Morgan fingerprint density at radius 2 is 1.97 bits per heavy atom.